The minimum atomic E-state index is -5.58. The number of methoxy groups -OCH3 is 2. The molecule has 1 amide bonds. The van der Waals surface area contributed by atoms with Gasteiger partial charge in [-0.2, -0.15) is 61.4 Å². The van der Waals surface area contributed by atoms with Gasteiger partial charge in [0.25, 0.3) is 82.5 Å². The summed E-state index contributed by atoms with van der Waals surface area (Å²) in [7, 11) is -35.9. The van der Waals surface area contributed by atoms with Crippen molar-refractivity contribution in [3.05, 3.63) is 97.1 Å². The highest BCUT2D eigenvalue weighted by Gasteiger charge is 2.45. The molecule has 0 saturated carbocycles. The van der Waals surface area contributed by atoms with Gasteiger partial charge in [0, 0.05) is 66.4 Å². The molecule has 0 bridgehead atoms. The Morgan fingerprint density at radius 2 is 0.873 bits per heavy atom. The van der Waals surface area contributed by atoms with Gasteiger partial charge in [-0.15, -0.1) is 10.2 Å². The molecule has 646 valence electrons. The van der Waals surface area contributed by atoms with E-state index in [1.807, 2.05) is 0 Å². The second-order valence-corrected chi connectivity index (χ2v) is 38.7. The molecule has 4 aliphatic heterocycles. The first kappa shape index (κ1) is 92.2. The van der Waals surface area contributed by atoms with Crippen LogP contribution in [0, 0.1) is 0 Å². The molecule has 4 aliphatic rings. The van der Waals surface area contributed by atoms with Gasteiger partial charge in [0.1, 0.15) is 79.3 Å². The van der Waals surface area contributed by atoms with Gasteiger partial charge in [-0.3, -0.25) is 47.5 Å². The second-order valence-electron chi connectivity index (χ2n) is 25.2. The maximum Gasteiger partial charge on any atom is 0.298 e. The van der Waals surface area contributed by atoms with Gasteiger partial charge in [-0.05, 0) is 112 Å². The summed E-state index contributed by atoms with van der Waals surface area (Å²) in [6.45, 7) is 5.48. The van der Waals surface area contributed by atoms with Crippen molar-refractivity contribution in [2.24, 2.45) is 20.2 Å². The molecule has 14 N–H and O–H groups in total. The molecule has 0 spiro atoms. The SMILES string of the molecule is CCOC1=NN2NC(CCNS(=O)(=O)c3cc(NC(C)=O)c(S(=O)(=O)O)cc3OC)NC2C1=Nc1ccc(N(C)C)c(S(=O)(=O)O)c1.CCOC1=NN2NC(CCNS(=O)(=O)c3cc(NS(=O)(=O)c4cc(S(=O)(=O)O)ccc4OCC)c(S(=O)(=O)O)cc3Oc3ccc(OC)c(S(=O)(=O)O)c3)NC2C1=Nc1ccc(N(C)C)c(S(=O)(=O)O)c1. The minimum absolute atomic E-state index is 0.0230. The molecule has 0 radical (unpaired) electrons. The summed E-state index contributed by atoms with van der Waals surface area (Å²) >= 11 is 0. The fourth-order valence-electron chi connectivity index (χ4n) is 11.5. The van der Waals surface area contributed by atoms with Crippen LogP contribution in [0.5, 0.6) is 28.7 Å². The Balaban J connectivity index is 0.000000292. The van der Waals surface area contributed by atoms with Crippen LogP contribution in [0.1, 0.15) is 40.5 Å². The van der Waals surface area contributed by atoms with E-state index < -0.39 is 207 Å². The van der Waals surface area contributed by atoms with E-state index in [9.17, 15) is 108 Å². The van der Waals surface area contributed by atoms with E-state index in [0.29, 0.717) is 24.3 Å². The predicted molar refractivity (Wildman–Crippen MR) is 419 cm³/mol. The quantitative estimate of drug-likeness (QED) is 0.0267. The topological polar surface area (TPSA) is 660 Å². The monoisotopic (exact) mass is 1830 g/mol. The lowest BCUT2D eigenvalue weighted by molar-refractivity contribution is -0.114. The third-order valence-electron chi connectivity index (χ3n) is 16.5. The maximum atomic E-state index is 14.3. The van der Waals surface area contributed by atoms with Crippen LogP contribution in [0.3, 0.4) is 0 Å². The molecule has 6 aromatic carbocycles. The largest absolute Gasteiger partial charge is 0.495 e. The summed E-state index contributed by atoms with van der Waals surface area (Å²) in [5.41, 5.74) is 5.52. The molecule has 10 rings (SSSR count). The Bertz CT molecular complexity index is 6180. The minimum Gasteiger partial charge on any atom is -0.495 e. The van der Waals surface area contributed by atoms with Crippen molar-refractivity contribution in [2.75, 3.05) is 95.2 Å². The highest BCUT2D eigenvalue weighted by atomic mass is 32.2. The van der Waals surface area contributed by atoms with E-state index in [2.05, 4.69) is 56.4 Å². The Morgan fingerprint density at radius 3 is 1.29 bits per heavy atom. The predicted octanol–water partition coefficient (Wildman–Crippen LogP) is 1.69. The lowest BCUT2D eigenvalue weighted by Gasteiger charge is -2.19. The van der Waals surface area contributed by atoms with Crippen LogP contribution in [0.25, 0.3) is 0 Å². The van der Waals surface area contributed by atoms with E-state index >= 15 is 0 Å². The summed E-state index contributed by atoms with van der Waals surface area (Å²) in [6, 6.07) is 15.5. The van der Waals surface area contributed by atoms with E-state index in [1.165, 1.54) is 51.2 Å². The first-order valence-corrected chi connectivity index (χ1v) is 46.9. The summed E-state index contributed by atoms with van der Waals surface area (Å²) in [6.07, 6.45) is -2.96. The summed E-state index contributed by atoms with van der Waals surface area (Å²) in [5, 5.41) is 19.9. The lowest BCUT2D eigenvalue weighted by Crippen LogP contribution is -2.41. The number of hydrazine groups is 2. The first-order chi connectivity index (χ1) is 54.7. The Labute approximate surface area is 677 Å². The van der Waals surface area contributed by atoms with E-state index in [-0.39, 0.29) is 90.1 Å². The zero-order valence-corrected chi connectivity index (χ0v) is 70.5. The summed E-state index contributed by atoms with van der Waals surface area (Å²) in [5.74, 6) is -3.39. The molecular weight excluding hydrogens is 1750 g/mol. The van der Waals surface area contributed by atoms with E-state index in [0.717, 1.165) is 63.6 Å². The number of nitrogens with zero attached hydrogens (tertiary/aromatic N) is 8. The Morgan fingerprint density at radius 1 is 0.458 bits per heavy atom. The molecule has 0 aliphatic carbocycles. The number of anilines is 4. The number of carbonyl (C=O) groups is 1. The normalized spacial score (nSPS) is 17.9. The number of ether oxygens (including phenoxy) is 6. The Kier molecular flexibility index (Phi) is 27.9. The molecule has 4 heterocycles. The molecule has 6 aromatic rings. The van der Waals surface area contributed by atoms with Gasteiger partial charge in [0.2, 0.25) is 26.0 Å². The number of hydrogen-bond acceptors (Lipinski definition) is 37. The fourth-order valence-corrected chi connectivity index (χ4v) is 19.3. The van der Waals surface area contributed by atoms with Crippen LogP contribution in [0.15, 0.2) is 161 Å². The summed E-state index contributed by atoms with van der Waals surface area (Å²) in [4.78, 5) is 16.4. The van der Waals surface area contributed by atoms with Gasteiger partial charge >= 0.3 is 0 Å². The number of nitrogens with one attached hydrogen (secondary N) is 8. The smallest absolute Gasteiger partial charge is 0.298 e. The third kappa shape index (κ3) is 21.9. The average molecular weight is 1830 g/mol. The highest BCUT2D eigenvalue weighted by Crippen LogP contribution is 2.41. The van der Waals surface area contributed by atoms with Crippen molar-refractivity contribution in [3.63, 3.8) is 0 Å². The van der Waals surface area contributed by atoms with Crippen LogP contribution < -0.4 is 69.7 Å². The molecule has 2 fully saturated rings. The number of sulfonamides is 3. The van der Waals surface area contributed by atoms with Gasteiger partial charge in [0.05, 0.1) is 85.4 Å². The van der Waals surface area contributed by atoms with Crippen LogP contribution >= 0.6 is 0 Å². The first-order valence-electron chi connectivity index (χ1n) is 33.8. The van der Waals surface area contributed by atoms with E-state index in [1.54, 1.807) is 52.8 Å². The third-order valence-corrected chi connectivity index (χ3v) is 26.1. The van der Waals surface area contributed by atoms with Crippen molar-refractivity contribution >= 4 is 154 Å². The van der Waals surface area contributed by atoms with Crippen molar-refractivity contribution in [1.82, 2.24) is 41.2 Å². The van der Waals surface area contributed by atoms with Crippen molar-refractivity contribution in [1.29, 1.82) is 0 Å². The number of aliphatic imine (C=N–C) groups is 2. The van der Waals surface area contributed by atoms with Gasteiger partial charge < -0.3 is 43.5 Å². The van der Waals surface area contributed by atoms with Crippen LogP contribution in [0.4, 0.5) is 34.1 Å². The molecule has 4 atom stereocenters. The van der Waals surface area contributed by atoms with Gasteiger partial charge in [-0.1, -0.05) is 0 Å². The van der Waals surface area contributed by atoms with Crippen LogP contribution in [-0.4, -0.2) is 242 Å². The number of amides is 1. The zero-order valence-electron chi connectivity index (χ0n) is 63.1. The molecule has 47 nitrogen and oxygen atoms in total. The Hall–Kier alpha value is -9.66. The number of fused-ring (bicyclic) bond motifs is 2. The molecule has 2 saturated heterocycles. The fraction of sp³-hybridized carbons (Fsp3) is 0.339. The van der Waals surface area contributed by atoms with Crippen molar-refractivity contribution in [2.45, 2.75) is 109 Å². The second kappa shape index (κ2) is 35.7. The van der Waals surface area contributed by atoms with Crippen LogP contribution in [-0.2, 0) is 105 Å². The molecular formula is C62H78N16O31S9. The highest BCUT2D eigenvalue weighted by molar-refractivity contribution is 7.93. The zero-order chi connectivity index (χ0) is 87.5. The van der Waals surface area contributed by atoms with Crippen molar-refractivity contribution < 1.29 is 136 Å². The maximum absolute atomic E-state index is 14.3. The number of carbonyl (C=O) groups excluding carboxylic acids is 1. The number of benzene rings is 6. The lowest BCUT2D eigenvalue weighted by atomic mass is 10.2. The van der Waals surface area contributed by atoms with E-state index in [4.69, 9.17) is 28.4 Å². The molecule has 56 heteroatoms. The standard InChI is InChI=1S/C37H44N8O20S6.C25H34N8O11S3/c1-6-63-27-13-10-23(68(50,51)52)18-31(27)67(48,49)43-24-19-32(28(20-29(24)69(53,54)55)65-22-9-12-26(62-5)33(17-22)71(59,60)61)66(46,47)38-15-14-34-40-36-35(37(64-7-2)42-45(36)41-34)39-21-8-11-25(44(3)4)30(16-21)70(56,57)58;1-6-44-25-23(28-15-7-8-17(32(3)4)20(11-15)47(40,41)42)24-29-22(30-33(24)31-25)9-10-26-45(35,36)21-12-16(27-14(2)34)19(46(37,38)39)13-18(21)43-5/h8-13,16-20,34,36,38,40-41,43H,6-7,14-15H2,1-5H3,(H,50,51,52)(H,53,54,55)(H,56,57,58)(H,59,60,61);7-8,11-13,22,24,26,29-30H,6,9-10H2,1-5H3,(H,27,34)(H,37,38,39)(H,40,41,42). The molecule has 118 heavy (non-hydrogen) atoms. The number of rotatable bonds is 32. The van der Waals surface area contributed by atoms with Crippen LogP contribution in [0.2, 0.25) is 0 Å². The average Bonchev–Trinajstić information content (AvgIpc) is 1.03. The molecule has 4 unspecified atom stereocenters. The van der Waals surface area contributed by atoms with Gasteiger partial charge in [0.15, 0.2) is 12.3 Å². The molecule has 0 aromatic heterocycles. The van der Waals surface area contributed by atoms with Crippen molar-refractivity contribution in [3.8, 4) is 28.7 Å². The summed E-state index contributed by atoms with van der Waals surface area (Å²) < 4.78 is 327. The number of hydrogen-bond donors (Lipinski definition) is 14. The number of hydrazone groups is 2. The van der Waals surface area contributed by atoms with Gasteiger partial charge in [-0.25, -0.2) is 54.9 Å².